The second-order valence-electron chi connectivity index (χ2n) is 3.77. The van der Waals surface area contributed by atoms with Crippen LogP contribution in [0.2, 0.25) is 10.0 Å². The summed E-state index contributed by atoms with van der Waals surface area (Å²) in [7, 11) is 0. The van der Waals surface area contributed by atoms with Crippen LogP contribution in [0.4, 0.5) is 0 Å². The molecule has 0 bridgehead atoms. The van der Waals surface area contributed by atoms with Gasteiger partial charge in [-0.2, -0.15) is 0 Å². The van der Waals surface area contributed by atoms with E-state index in [1.54, 1.807) is 12.3 Å². The van der Waals surface area contributed by atoms with Gasteiger partial charge >= 0.3 is 0 Å². The molecule has 8 heteroatoms. The largest absolute Gasteiger partial charge is 0.356 e. The molecule has 1 aromatic carbocycles. The van der Waals surface area contributed by atoms with E-state index in [-0.39, 0.29) is 10.6 Å². The van der Waals surface area contributed by atoms with Crippen LogP contribution in [-0.4, -0.2) is 16.8 Å². The Morgan fingerprint density at radius 1 is 1.05 bits per heavy atom. The maximum Gasteiger partial charge on any atom is 0.286 e. The van der Waals surface area contributed by atoms with Gasteiger partial charge in [0.15, 0.2) is 0 Å². The van der Waals surface area contributed by atoms with Crippen molar-refractivity contribution in [3.63, 3.8) is 0 Å². The molecule has 1 aromatic heterocycles. The van der Waals surface area contributed by atoms with E-state index in [0.717, 1.165) is 4.47 Å². The second-order valence-corrected chi connectivity index (χ2v) is 5.50. The predicted octanol–water partition coefficient (Wildman–Crippen LogP) is 3.16. The zero-order valence-electron chi connectivity index (χ0n) is 9.84. The molecule has 0 atom stereocenters. The van der Waals surface area contributed by atoms with Crippen LogP contribution in [0.5, 0.6) is 0 Å². The summed E-state index contributed by atoms with van der Waals surface area (Å²) >= 11 is 14.8. The van der Waals surface area contributed by atoms with E-state index in [9.17, 15) is 9.59 Å². The number of aromatic amines is 1. The van der Waals surface area contributed by atoms with Crippen LogP contribution in [0.1, 0.15) is 20.8 Å². The summed E-state index contributed by atoms with van der Waals surface area (Å²) in [5.74, 6) is -0.966. The smallest absolute Gasteiger partial charge is 0.286 e. The molecule has 2 amide bonds. The molecule has 104 valence electrons. The van der Waals surface area contributed by atoms with Crippen molar-refractivity contribution < 1.29 is 9.59 Å². The van der Waals surface area contributed by atoms with Gasteiger partial charge in [0.2, 0.25) is 0 Å². The molecule has 1 heterocycles. The van der Waals surface area contributed by atoms with Crippen LogP contribution >= 0.6 is 39.1 Å². The molecule has 0 spiro atoms. The molecule has 3 N–H and O–H groups in total. The topological polar surface area (TPSA) is 74.0 Å². The first-order valence-corrected chi connectivity index (χ1v) is 6.92. The van der Waals surface area contributed by atoms with E-state index in [1.807, 2.05) is 0 Å². The number of aromatic nitrogens is 1. The number of benzene rings is 1. The van der Waals surface area contributed by atoms with Crippen molar-refractivity contribution in [1.29, 1.82) is 0 Å². The van der Waals surface area contributed by atoms with Gasteiger partial charge in [-0.05, 0) is 40.2 Å². The summed E-state index contributed by atoms with van der Waals surface area (Å²) in [6.07, 6.45) is 1.61. The summed E-state index contributed by atoms with van der Waals surface area (Å²) < 4.78 is 0.735. The number of H-pyrrole nitrogens is 1. The highest BCUT2D eigenvalue weighted by atomic mass is 79.9. The molecule has 2 aromatic rings. The average Bonchev–Trinajstić information content (AvgIpc) is 2.85. The molecular weight excluding hydrogens is 369 g/mol. The predicted molar refractivity (Wildman–Crippen MR) is 79.9 cm³/mol. The van der Waals surface area contributed by atoms with Crippen molar-refractivity contribution in [1.82, 2.24) is 15.8 Å². The fourth-order valence-corrected chi connectivity index (χ4v) is 2.03. The molecule has 2 rings (SSSR count). The van der Waals surface area contributed by atoms with Crippen LogP contribution in [0.3, 0.4) is 0 Å². The Labute approximate surface area is 132 Å². The van der Waals surface area contributed by atoms with Gasteiger partial charge < -0.3 is 4.98 Å². The number of carbonyl (C=O) groups is 2. The van der Waals surface area contributed by atoms with E-state index in [0.29, 0.717) is 10.7 Å². The van der Waals surface area contributed by atoms with Gasteiger partial charge in [0.25, 0.3) is 11.8 Å². The number of hydrogen-bond donors (Lipinski definition) is 3. The highest BCUT2D eigenvalue weighted by molar-refractivity contribution is 9.10. The van der Waals surface area contributed by atoms with Gasteiger partial charge in [-0.3, -0.25) is 20.4 Å². The van der Waals surface area contributed by atoms with E-state index in [1.165, 1.54) is 18.2 Å². The summed E-state index contributed by atoms with van der Waals surface area (Å²) in [6.45, 7) is 0. The first-order chi connectivity index (χ1) is 9.47. The Hall–Kier alpha value is -1.50. The Morgan fingerprint density at radius 3 is 2.35 bits per heavy atom. The summed E-state index contributed by atoms with van der Waals surface area (Å²) in [5.41, 5.74) is 5.15. The van der Waals surface area contributed by atoms with Crippen molar-refractivity contribution in [2.45, 2.75) is 0 Å². The number of halogens is 3. The maximum absolute atomic E-state index is 11.8. The van der Waals surface area contributed by atoms with Crippen molar-refractivity contribution >= 4 is 50.9 Å². The second kappa shape index (κ2) is 6.30. The van der Waals surface area contributed by atoms with Gasteiger partial charge in [0, 0.05) is 16.2 Å². The van der Waals surface area contributed by atoms with Crippen LogP contribution in [0.15, 0.2) is 34.9 Å². The van der Waals surface area contributed by atoms with Gasteiger partial charge in [0.1, 0.15) is 5.69 Å². The van der Waals surface area contributed by atoms with Gasteiger partial charge in [-0.25, -0.2) is 0 Å². The number of hydrazine groups is 1. The molecule has 0 aliphatic heterocycles. The average molecular weight is 377 g/mol. The van der Waals surface area contributed by atoms with Gasteiger partial charge in [0.05, 0.1) is 10.0 Å². The zero-order chi connectivity index (χ0) is 14.7. The molecule has 0 saturated heterocycles. The third-order valence-electron chi connectivity index (χ3n) is 2.36. The lowest BCUT2D eigenvalue weighted by Gasteiger charge is -2.07. The first kappa shape index (κ1) is 14.9. The molecule has 0 unspecified atom stereocenters. The third kappa shape index (κ3) is 3.53. The number of hydrogen-bond acceptors (Lipinski definition) is 2. The summed E-state index contributed by atoms with van der Waals surface area (Å²) in [5, 5.41) is 0.613. The molecule has 0 aliphatic rings. The zero-order valence-corrected chi connectivity index (χ0v) is 12.9. The highest BCUT2D eigenvalue weighted by Gasteiger charge is 2.11. The fraction of sp³-hybridized carbons (Fsp3) is 0. The van der Waals surface area contributed by atoms with Crippen LogP contribution < -0.4 is 10.9 Å². The molecule has 20 heavy (non-hydrogen) atoms. The minimum atomic E-state index is -0.498. The monoisotopic (exact) mass is 375 g/mol. The Kier molecular flexibility index (Phi) is 4.69. The SMILES string of the molecule is O=C(NNC(=O)c1cc(Br)c[nH]1)c1ccc(Cl)c(Cl)c1. The maximum atomic E-state index is 11.8. The normalized spacial score (nSPS) is 10.2. The van der Waals surface area contributed by atoms with Crippen LogP contribution in [0.25, 0.3) is 0 Å². The number of carbonyl (C=O) groups excluding carboxylic acids is 2. The van der Waals surface area contributed by atoms with E-state index >= 15 is 0 Å². The van der Waals surface area contributed by atoms with Crippen molar-refractivity contribution in [2.24, 2.45) is 0 Å². The number of rotatable bonds is 2. The molecule has 0 fully saturated rings. The molecule has 0 radical (unpaired) electrons. The third-order valence-corrected chi connectivity index (χ3v) is 3.56. The van der Waals surface area contributed by atoms with Gasteiger partial charge in [-0.15, -0.1) is 0 Å². The van der Waals surface area contributed by atoms with E-state index < -0.39 is 11.8 Å². The fourth-order valence-electron chi connectivity index (χ4n) is 1.39. The van der Waals surface area contributed by atoms with E-state index in [4.69, 9.17) is 23.2 Å². The Morgan fingerprint density at radius 2 is 1.75 bits per heavy atom. The quantitative estimate of drug-likeness (QED) is 0.704. The van der Waals surface area contributed by atoms with Crippen molar-refractivity contribution in [3.05, 3.63) is 56.2 Å². The Bertz CT molecular complexity index is 672. The Balaban J connectivity index is 1.98. The minimum Gasteiger partial charge on any atom is -0.356 e. The summed E-state index contributed by atoms with van der Waals surface area (Å²) in [4.78, 5) is 26.2. The lowest BCUT2D eigenvalue weighted by atomic mass is 10.2. The molecule has 0 aliphatic carbocycles. The standard InChI is InChI=1S/C12H8BrCl2N3O2/c13-7-4-10(16-5-7)12(20)18-17-11(19)6-1-2-8(14)9(15)3-6/h1-5,16H,(H,17,19)(H,18,20). The highest BCUT2D eigenvalue weighted by Crippen LogP contribution is 2.22. The lowest BCUT2D eigenvalue weighted by molar-refractivity contribution is 0.0844. The van der Waals surface area contributed by atoms with Gasteiger partial charge in [-0.1, -0.05) is 23.2 Å². The first-order valence-electron chi connectivity index (χ1n) is 5.37. The van der Waals surface area contributed by atoms with Crippen molar-refractivity contribution in [3.8, 4) is 0 Å². The molecule has 5 nitrogen and oxygen atoms in total. The minimum absolute atomic E-state index is 0.263. The number of nitrogens with one attached hydrogen (secondary N) is 3. The van der Waals surface area contributed by atoms with Crippen LogP contribution in [-0.2, 0) is 0 Å². The lowest BCUT2D eigenvalue weighted by Crippen LogP contribution is -2.41. The summed E-state index contributed by atoms with van der Waals surface area (Å²) in [6, 6.07) is 6.00. The van der Waals surface area contributed by atoms with Crippen LogP contribution in [0, 0.1) is 0 Å². The van der Waals surface area contributed by atoms with Crippen molar-refractivity contribution in [2.75, 3.05) is 0 Å². The number of amides is 2. The van der Waals surface area contributed by atoms with E-state index in [2.05, 4.69) is 31.8 Å². The molecule has 0 saturated carbocycles. The molecular formula is C12H8BrCl2N3O2.